The lowest BCUT2D eigenvalue weighted by Gasteiger charge is -2.21. The molecule has 0 bridgehead atoms. The van der Waals surface area contributed by atoms with Gasteiger partial charge in [0.25, 0.3) is 0 Å². The second kappa shape index (κ2) is 15.8. The van der Waals surface area contributed by atoms with E-state index in [0.29, 0.717) is 0 Å². The zero-order chi connectivity index (χ0) is 22.4. The monoisotopic (exact) mass is 532 g/mol. The SMILES string of the molecule is CCCCCCc1c(O)c(O)c(C(=O)OI)c(CCCCCC)c1CCCCCC. The van der Waals surface area contributed by atoms with E-state index in [1.54, 1.807) is 23.0 Å². The van der Waals surface area contributed by atoms with E-state index in [-0.39, 0.29) is 17.1 Å². The number of aromatic hydroxyl groups is 2. The third kappa shape index (κ3) is 8.27. The fourth-order valence-electron chi connectivity index (χ4n) is 4.17. The predicted molar refractivity (Wildman–Crippen MR) is 133 cm³/mol. The molecule has 30 heavy (non-hydrogen) atoms. The molecular formula is C25H41IO4. The van der Waals surface area contributed by atoms with Gasteiger partial charge in [0.2, 0.25) is 0 Å². The second-order valence-corrected chi connectivity index (χ2v) is 8.74. The highest BCUT2D eigenvalue weighted by Crippen LogP contribution is 2.41. The highest BCUT2D eigenvalue weighted by molar-refractivity contribution is 14.1. The van der Waals surface area contributed by atoms with Gasteiger partial charge in [0, 0.05) is 5.56 Å². The molecular weight excluding hydrogens is 491 g/mol. The maximum atomic E-state index is 12.5. The number of rotatable bonds is 16. The molecule has 1 rings (SSSR count). The molecule has 1 aromatic carbocycles. The van der Waals surface area contributed by atoms with E-state index >= 15 is 0 Å². The van der Waals surface area contributed by atoms with Gasteiger partial charge in [-0.1, -0.05) is 78.6 Å². The Morgan fingerprint density at radius 3 is 1.53 bits per heavy atom. The molecule has 0 unspecified atom stereocenters. The summed E-state index contributed by atoms with van der Waals surface area (Å²) in [6.07, 6.45) is 15.6. The summed E-state index contributed by atoms with van der Waals surface area (Å²) in [5, 5.41) is 21.6. The van der Waals surface area contributed by atoms with Gasteiger partial charge >= 0.3 is 5.97 Å². The Morgan fingerprint density at radius 2 is 1.10 bits per heavy atom. The Kier molecular flexibility index (Phi) is 14.2. The smallest absolute Gasteiger partial charge is 0.351 e. The lowest BCUT2D eigenvalue weighted by Crippen LogP contribution is -2.11. The standard InChI is InChI=1S/C25H41IO4/c1-4-7-10-13-16-19-20(17-14-11-8-5-2)22(25(29)30-26)24(28)23(27)21(19)18-15-12-9-6-3/h27-28H,4-18H2,1-3H3. The zero-order valence-electron chi connectivity index (χ0n) is 19.2. The number of benzene rings is 1. The number of hydrogen-bond donors (Lipinski definition) is 2. The molecule has 0 saturated carbocycles. The van der Waals surface area contributed by atoms with E-state index in [0.717, 1.165) is 93.7 Å². The van der Waals surface area contributed by atoms with Crippen molar-refractivity contribution in [2.45, 2.75) is 117 Å². The van der Waals surface area contributed by atoms with Gasteiger partial charge < -0.3 is 13.3 Å². The lowest BCUT2D eigenvalue weighted by atomic mass is 9.85. The fraction of sp³-hybridized carbons (Fsp3) is 0.720. The molecule has 0 heterocycles. The maximum absolute atomic E-state index is 12.5. The van der Waals surface area contributed by atoms with Crippen molar-refractivity contribution in [1.29, 1.82) is 0 Å². The third-order valence-electron chi connectivity index (χ3n) is 5.89. The number of unbranched alkanes of at least 4 members (excludes halogenated alkanes) is 9. The summed E-state index contributed by atoms with van der Waals surface area (Å²) in [7, 11) is 0. The number of carbonyl (C=O) groups excluding carboxylic acids is 1. The first-order chi connectivity index (χ1) is 14.5. The van der Waals surface area contributed by atoms with Crippen molar-refractivity contribution in [3.63, 3.8) is 0 Å². The molecule has 5 heteroatoms. The number of carbonyl (C=O) groups is 1. The van der Waals surface area contributed by atoms with Crippen LogP contribution in [0.15, 0.2) is 0 Å². The Balaban J connectivity index is 3.36. The van der Waals surface area contributed by atoms with Crippen molar-refractivity contribution in [3.8, 4) is 11.5 Å². The molecule has 2 N–H and O–H groups in total. The van der Waals surface area contributed by atoms with Crippen molar-refractivity contribution in [3.05, 3.63) is 22.3 Å². The molecule has 0 spiro atoms. The van der Waals surface area contributed by atoms with Crippen LogP contribution in [0.4, 0.5) is 0 Å². The van der Waals surface area contributed by atoms with Gasteiger partial charge in [0.1, 0.15) is 5.56 Å². The van der Waals surface area contributed by atoms with Crippen molar-refractivity contribution in [2.24, 2.45) is 0 Å². The van der Waals surface area contributed by atoms with Crippen LogP contribution in [0.3, 0.4) is 0 Å². The summed E-state index contributed by atoms with van der Waals surface area (Å²) in [4.78, 5) is 12.5. The van der Waals surface area contributed by atoms with E-state index < -0.39 is 5.97 Å². The van der Waals surface area contributed by atoms with Gasteiger partial charge in [-0.3, -0.25) is 0 Å². The number of phenolic OH excluding ortho intramolecular Hbond substituents is 2. The summed E-state index contributed by atoms with van der Waals surface area (Å²) in [6, 6.07) is 0. The van der Waals surface area contributed by atoms with E-state index in [4.69, 9.17) is 3.07 Å². The Morgan fingerprint density at radius 1 is 0.667 bits per heavy atom. The van der Waals surface area contributed by atoms with Gasteiger partial charge in [-0.25, -0.2) is 4.79 Å². The van der Waals surface area contributed by atoms with Crippen LogP contribution >= 0.6 is 23.0 Å². The van der Waals surface area contributed by atoms with Gasteiger partial charge in [-0.2, -0.15) is 0 Å². The summed E-state index contributed by atoms with van der Waals surface area (Å²) >= 11 is 1.56. The van der Waals surface area contributed by atoms with Gasteiger partial charge in [0.15, 0.2) is 34.5 Å². The molecule has 0 amide bonds. The minimum Gasteiger partial charge on any atom is -0.504 e. The minimum atomic E-state index is -0.568. The minimum absolute atomic E-state index is 0.119. The largest absolute Gasteiger partial charge is 0.504 e. The first kappa shape index (κ1) is 27.1. The lowest BCUT2D eigenvalue weighted by molar-refractivity contribution is 0.0795. The summed E-state index contributed by atoms with van der Waals surface area (Å²) < 4.78 is 4.95. The van der Waals surface area contributed by atoms with Crippen LogP contribution in [0.25, 0.3) is 0 Å². The van der Waals surface area contributed by atoms with Gasteiger partial charge in [-0.15, -0.1) is 0 Å². The van der Waals surface area contributed by atoms with Crippen LogP contribution in [-0.2, 0) is 22.3 Å². The van der Waals surface area contributed by atoms with Crippen molar-refractivity contribution < 1.29 is 18.1 Å². The van der Waals surface area contributed by atoms with E-state index in [1.807, 2.05) is 0 Å². The predicted octanol–water partition coefficient (Wildman–Crippen LogP) is 7.97. The normalized spacial score (nSPS) is 11.1. The van der Waals surface area contributed by atoms with Crippen LogP contribution in [0, 0.1) is 0 Å². The molecule has 0 aromatic heterocycles. The van der Waals surface area contributed by atoms with Gasteiger partial charge in [-0.05, 0) is 49.7 Å². The summed E-state index contributed by atoms with van der Waals surface area (Å²) in [5.74, 6) is -0.989. The molecule has 4 nitrogen and oxygen atoms in total. The van der Waals surface area contributed by atoms with Gasteiger partial charge in [0.05, 0.1) is 0 Å². The topological polar surface area (TPSA) is 66.8 Å². The average molecular weight is 533 g/mol. The summed E-state index contributed by atoms with van der Waals surface area (Å²) in [5.41, 5.74) is 2.98. The Hall–Kier alpha value is -0.980. The Labute approximate surface area is 197 Å². The van der Waals surface area contributed by atoms with Crippen LogP contribution < -0.4 is 0 Å². The molecule has 0 fully saturated rings. The van der Waals surface area contributed by atoms with E-state index in [9.17, 15) is 15.0 Å². The highest BCUT2D eigenvalue weighted by atomic mass is 127. The number of phenols is 2. The van der Waals surface area contributed by atoms with Crippen LogP contribution in [-0.4, -0.2) is 16.2 Å². The molecule has 0 atom stereocenters. The Bertz CT molecular complexity index is 643. The molecule has 0 saturated heterocycles. The first-order valence-electron chi connectivity index (χ1n) is 11.9. The van der Waals surface area contributed by atoms with Crippen molar-refractivity contribution >= 4 is 29.0 Å². The van der Waals surface area contributed by atoms with E-state index in [1.165, 1.54) is 19.3 Å². The fourth-order valence-corrected chi connectivity index (χ4v) is 4.39. The molecule has 0 aliphatic rings. The molecule has 0 aliphatic carbocycles. The summed E-state index contributed by atoms with van der Waals surface area (Å²) in [6.45, 7) is 6.55. The average Bonchev–Trinajstić information content (AvgIpc) is 2.75. The third-order valence-corrected chi connectivity index (χ3v) is 6.29. The van der Waals surface area contributed by atoms with Crippen LogP contribution in [0.1, 0.15) is 125 Å². The molecule has 0 radical (unpaired) electrons. The molecule has 0 aliphatic heterocycles. The van der Waals surface area contributed by atoms with Crippen LogP contribution in [0.5, 0.6) is 11.5 Å². The maximum Gasteiger partial charge on any atom is 0.351 e. The van der Waals surface area contributed by atoms with E-state index in [2.05, 4.69) is 20.8 Å². The second-order valence-electron chi connectivity index (χ2n) is 8.30. The van der Waals surface area contributed by atoms with Crippen molar-refractivity contribution in [1.82, 2.24) is 0 Å². The quantitative estimate of drug-likeness (QED) is 0.129. The zero-order valence-corrected chi connectivity index (χ0v) is 21.4. The highest BCUT2D eigenvalue weighted by Gasteiger charge is 2.27. The molecule has 1 aromatic rings. The van der Waals surface area contributed by atoms with Crippen LogP contribution in [0.2, 0.25) is 0 Å². The number of hydrogen-bond acceptors (Lipinski definition) is 4. The molecule has 172 valence electrons. The van der Waals surface area contributed by atoms with Crippen molar-refractivity contribution in [2.75, 3.05) is 0 Å². The first-order valence-corrected chi connectivity index (χ1v) is 12.8. The number of halogens is 1.